The predicted molar refractivity (Wildman–Crippen MR) is 90.1 cm³/mol. The zero-order valence-electron chi connectivity index (χ0n) is 14.5. The Labute approximate surface area is 146 Å². The lowest BCUT2D eigenvalue weighted by Crippen LogP contribution is -2.43. The first kappa shape index (κ1) is 16.1. The van der Waals surface area contributed by atoms with Gasteiger partial charge in [-0.1, -0.05) is 36.8 Å². The Balaban J connectivity index is 2.02. The molecule has 0 amide bonds. The van der Waals surface area contributed by atoms with E-state index in [2.05, 4.69) is 17.1 Å². The standard InChI is InChI=1S/C19H20N4O2/c1-4-16(14-7-5-12(2)6-8-14)17(10-20)15(22)23-19(18(16,17)11-21)24-9-13(3)25-19/h5-8,13H,4,9H2,1-3H3,(H2,22,23)/t13-,16-,17-,18+,19+/m0/s1. The van der Waals surface area contributed by atoms with Crippen molar-refractivity contribution in [2.24, 2.45) is 21.6 Å². The largest absolute Gasteiger partial charge is 0.386 e. The van der Waals surface area contributed by atoms with Gasteiger partial charge in [0.15, 0.2) is 10.8 Å². The highest BCUT2D eigenvalue weighted by molar-refractivity contribution is 6.02. The molecule has 6 heteroatoms. The maximum absolute atomic E-state index is 10.3. The van der Waals surface area contributed by atoms with E-state index in [9.17, 15) is 10.5 Å². The van der Waals surface area contributed by atoms with Crippen LogP contribution >= 0.6 is 0 Å². The molecule has 1 aromatic rings. The van der Waals surface area contributed by atoms with Crippen LogP contribution in [0.4, 0.5) is 0 Å². The second-order valence-electron chi connectivity index (χ2n) is 7.17. The Hall–Kier alpha value is -2.41. The molecule has 2 aliphatic heterocycles. The minimum absolute atomic E-state index is 0.132. The second kappa shape index (κ2) is 4.60. The first-order valence-corrected chi connectivity index (χ1v) is 8.48. The molecule has 4 rings (SSSR count). The van der Waals surface area contributed by atoms with Crippen molar-refractivity contribution >= 4 is 5.84 Å². The third-order valence-electron chi connectivity index (χ3n) is 6.19. The smallest absolute Gasteiger partial charge is 0.294 e. The number of amidine groups is 1. The van der Waals surface area contributed by atoms with E-state index in [4.69, 9.17) is 15.2 Å². The van der Waals surface area contributed by atoms with E-state index in [1.165, 1.54) is 0 Å². The van der Waals surface area contributed by atoms with Crippen LogP contribution in [-0.2, 0) is 14.9 Å². The number of aliphatic imine (C=N–C) groups is 1. The summed E-state index contributed by atoms with van der Waals surface area (Å²) in [5, 5.41) is 20.4. The Morgan fingerprint density at radius 3 is 2.44 bits per heavy atom. The van der Waals surface area contributed by atoms with Crippen molar-refractivity contribution in [3.8, 4) is 12.1 Å². The molecule has 2 fully saturated rings. The molecule has 1 saturated carbocycles. The molecule has 1 aromatic carbocycles. The van der Waals surface area contributed by atoms with E-state index < -0.39 is 22.2 Å². The molecule has 25 heavy (non-hydrogen) atoms. The van der Waals surface area contributed by atoms with Crippen LogP contribution in [0.1, 0.15) is 31.4 Å². The summed E-state index contributed by atoms with van der Waals surface area (Å²) in [6, 6.07) is 12.6. The number of nitrogens with two attached hydrogens (primary N) is 1. The van der Waals surface area contributed by atoms with Crippen LogP contribution in [0, 0.1) is 40.4 Å². The number of rotatable bonds is 2. The summed E-state index contributed by atoms with van der Waals surface area (Å²) in [6.45, 7) is 6.14. The molecule has 2 N–H and O–H groups in total. The zero-order chi connectivity index (χ0) is 18.1. The molecule has 1 spiro atoms. The lowest BCUT2D eigenvalue weighted by molar-refractivity contribution is -0.197. The van der Waals surface area contributed by atoms with E-state index >= 15 is 0 Å². The molecule has 5 atom stereocenters. The highest BCUT2D eigenvalue weighted by atomic mass is 16.8. The topological polar surface area (TPSA) is 104 Å². The Morgan fingerprint density at radius 2 is 1.96 bits per heavy atom. The summed E-state index contributed by atoms with van der Waals surface area (Å²) in [5.41, 5.74) is 4.91. The van der Waals surface area contributed by atoms with Crippen LogP contribution in [-0.4, -0.2) is 24.5 Å². The normalized spacial score (nSPS) is 44.0. The van der Waals surface area contributed by atoms with Gasteiger partial charge in [0.2, 0.25) is 0 Å². The summed E-state index contributed by atoms with van der Waals surface area (Å²) in [6.07, 6.45) is 0.334. The summed E-state index contributed by atoms with van der Waals surface area (Å²) < 4.78 is 11.9. The van der Waals surface area contributed by atoms with E-state index in [0.717, 1.165) is 11.1 Å². The van der Waals surface area contributed by atoms with Crippen LogP contribution in [0.25, 0.3) is 0 Å². The quantitative estimate of drug-likeness (QED) is 0.891. The first-order valence-electron chi connectivity index (χ1n) is 8.48. The van der Waals surface area contributed by atoms with E-state index in [0.29, 0.717) is 13.0 Å². The fourth-order valence-electron chi connectivity index (χ4n) is 5.19. The second-order valence-corrected chi connectivity index (χ2v) is 7.17. The summed E-state index contributed by atoms with van der Waals surface area (Å²) in [5.74, 6) is -1.38. The van der Waals surface area contributed by atoms with Gasteiger partial charge in [-0.15, -0.1) is 0 Å². The predicted octanol–water partition coefficient (Wildman–Crippen LogP) is 2.14. The van der Waals surface area contributed by atoms with Crippen LogP contribution in [0.3, 0.4) is 0 Å². The highest BCUT2D eigenvalue weighted by Gasteiger charge is 3.01. The number of fused-ring (bicyclic) bond motifs is 2. The third-order valence-corrected chi connectivity index (χ3v) is 6.19. The monoisotopic (exact) mass is 336 g/mol. The van der Waals surface area contributed by atoms with Gasteiger partial charge in [0, 0.05) is 0 Å². The molecule has 128 valence electrons. The van der Waals surface area contributed by atoms with Gasteiger partial charge in [-0.25, -0.2) is 4.99 Å². The van der Waals surface area contributed by atoms with Crippen molar-refractivity contribution in [3.05, 3.63) is 35.4 Å². The lowest BCUT2D eigenvalue weighted by Gasteiger charge is -2.31. The number of nitrogens with zero attached hydrogens (tertiary/aromatic N) is 3. The number of benzene rings is 1. The molecule has 0 bridgehead atoms. The SMILES string of the molecule is CC[C@]1(c2ccc(C)cc2)[C@]2(C#N)C(N)=N[C@@]3(OC[C@H](C)O3)[C@@]21C#N. The van der Waals surface area contributed by atoms with Crippen molar-refractivity contribution < 1.29 is 9.47 Å². The molecule has 0 unspecified atom stereocenters. The van der Waals surface area contributed by atoms with Crippen molar-refractivity contribution in [1.29, 1.82) is 10.5 Å². The Morgan fingerprint density at radius 1 is 1.28 bits per heavy atom. The van der Waals surface area contributed by atoms with Gasteiger partial charge in [0.25, 0.3) is 5.91 Å². The average Bonchev–Trinajstić information content (AvgIpc) is 2.86. The molecule has 6 nitrogen and oxygen atoms in total. The maximum Gasteiger partial charge on any atom is 0.294 e. The van der Waals surface area contributed by atoms with Crippen LogP contribution < -0.4 is 5.73 Å². The number of ether oxygens (including phenoxy) is 2. The van der Waals surface area contributed by atoms with Gasteiger partial charge in [-0.3, -0.25) is 0 Å². The van der Waals surface area contributed by atoms with Crippen LogP contribution in [0.15, 0.2) is 29.3 Å². The summed E-state index contributed by atoms with van der Waals surface area (Å²) in [7, 11) is 0. The van der Waals surface area contributed by atoms with Gasteiger partial charge in [-0.2, -0.15) is 10.5 Å². The number of hydrogen-bond donors (Lipinski definition) is 1. The molecular weight excluding hydrogens is 316 g/mol. The Kier molecular flexibility index (Phi) is 2.96. The van der Waals surface area contributed by atoms with Crippen molar-refractivity contribution in [3.63, 3.8) is 0 Å². The summed E-state index contributed by atoms with van der Waals surface area (Å²) in [4.78, 5) is 4.38. The highest BCUT2D eigenvalue weighted by Crippen LogP contribution is 2.86. The summed E-state index contributed by atoms with van der Waals surface area (Å²) >= 11 is 0. The molecule has 1 aliphatic carbocycles. The average molecular weight is 336 g/mol. The molecule has 0 aromatic heterocycles. The minimum Gasteiger partial charge on any atom is -0.386 e. The zero-order valence-corrected chi connectivity index (χ0v) is 14.5. The fraction of sp³-hybridized carbons (Fsp3) is 0.526. The van der Waals surface area contributed by atoms with Crippen molar-refractivity contribution in [2.75, 3.05) is 6.61 Å². The molecule has 2 heterocycles. The first-order chi connectivity index (χ1) is 11.9. The van der Waals surface area contributed by atoms with E-state index in [-0.39, 0.29) is 11.9 Å². The number of nitriles is 2. The van der Waals surface area contributed by atoms with Gasteiger partial charge in [-0.05, 0) is 25.8 Å². The molecule has 3 aliphatic rings. The van der Waals surface area contributed by atoms with Gasteiger partial charge in [0.05, 0.1) is 30.3 Å². The van der Waals surface area contributed by atoms with Gasteiger partial charge < -0.3 is 15.2 Å². The van der Waals surface area contributed by atoms with E-state index in [1.807, 2.05) is 45.0 Å². The van der Waals surface area contributed by atoms with Crippen molar-refractivity contribution in [1.82, 2.24) is 0 Å². The van der Waals surface area contributed by atoms with Gasteiger partial charge in [0.1, 0.15) is 5.84 Å². The van der Waals surface area contributed by atoms with Crippen LogP contribution in [0.2, 0.25) is 0 Å². The third kappa shape index (κ3) is 1.34. The molecular formula is C19H20N4O2. The molecule has 1 saturated heterocycles. The van der Waals surface area contributed by atoms with Crippen molar-refractivity contribution in [2.45, 2.75) is 44.6 Å². The fourth-order valence-corrected chi connectivity index (χ4v) is 5.19. The minimum atomic E-state index is -1.51. The Bertz CT molecular complexity index is 867. The maximum atomic E-state index is 10.3. The van der Waals surface area contributed by atoms with Gasteiger partial charge >= 0.3 is 0 Å². The molecule has 0 radical (unpaired) electrons. The number of hydrogen-bond acceptors (Lipinski definition) is 6. The van der Waals surface area contributed by atoms with Crippen LogP contribution in [0.5, 0.6) is 0 Å². The van der Waals surface area contributed by atoms with E-state index in [1.54, 1.807) is 0 Å². The lowest BCUT2D eigenvalue weighted by atomic mass is 9.80. The number of aryl methyl sites for hydroxylation is 1.